The molecule has 0 N–H and O–H groups in total. The SMILES string of the molecule is COC1CCCC(Oc2cc(F)ccc2[B-](F)(F)F)C1.[K+]. The maximum atomic E-state index is 13.2. The third kappa shape index (κ3) is 5.51. The van der Waals surface area contributed by atoms with Crippen molar-refractivity contribution >= 4 is 12.4 Å². The van der Waals surface area contributed by atoms with E-state index in [9.17, 15) is 17.3 Å². The number of rotatable bonds is 4. The van der Waals surface area contributed by atoms with Crippen LogP contribution in [0.5, 0.6) is 5.75 Å². The zero-order valence-electron chi connectivity index (χ0n) is 12.1. The van der Waals surface area contributed by atoms with Crippen LogP contribution in [0, 0.1) is 5.82 Å². The van der Waals surface area contributed by atoms with E-state index in [2.05, 4.69) is 0 Å². The van der Waals surface area contributed by atoms with Gasteiger partial charge in [-0.15, -0.1) is 0 Å². The Hall–Kier alpha value is 0.401. The van der Waals surface area contributed by atoms with Crippen LogP contribution in [-0.2, 0) is 4.74 Å². The molecule has 1 saturated carbocycles. The van der Waals surface area contributed by atoms with Crippen molar-refractivity contribution in [1.82, 2.24) is 0 Å². The molecule has 1 aliphatic carbocycles. The van der Waals surface area contributed by atoms with E-state index in [0.29, 0.717) is 12.8 Å². The molecule has 0 saturated heterocycles. The van der Waals surface area contributed by atoms with Gasteiger partial charge in [-0.1, -0.05) is 11.5 Å². The first-order valence-corrected chi connectivity index (χ1v) is 6.59. The van der Waals surface area contributed by atoms with E-state index in [4.69, 9.17) is 9.47 Å². The van der Waals surface area contributed by atoms with Gasteiger partial charge < -0.3 is 22.4 Å². The van der Waals surface area contributed by atoms with E-state index in [1.807, 2.05) is 0 Å². The quantitative estimate of drug-likeness (QED) is 0.581. The summed E-state index contributed by atoms with van der Waals surface area (Å²) in [6.45, 7) is -5.22. The summed E-state index contributed by atoms with van der Waals surface area (Å²) < 4.78 is 62.5. The van der Waals surface area contributed by atoms with E-state index in [1.54, 1.807) is 7.11 Å². The Morgan fingerprint density at radius 2 is 1.81 bits per heavy atom. The summed E-state index contributed by atoms with van der Waals surface area (Å²) in [5.41, 5.74) is -0.883. The van der Waals surface area contributed by atoms with Crippen molar-refractivity contribution < 1.29 is 78.2 Å². The predicted octanol–water partition coefficient (Wildman–Crippen LogP) is 0.220. The fraction of sp³-hybridized carbons (Fsp3) is 0.538. The van der Waals surface area contributed by atoms with E-state index in [1.165, 1.54) is 0 Å². The average molecular weight is 330 g/mol. The molecule has 1 aromatic carbocycles. The summed E-state index contributed by atoms with van der Waals surface area (Å²) in [6, 6.07) is 2.35. The summed E-state index contributed by atoms with van der Waals surface area (Å²) in [5.74, 6) is -1.15. The first-order chi connectivity index (χ1) is 9.40. The van der Waals surface area contributed by atoms with E-state index >= 15 is 0 Å². The molecule has 2 rings (SSSR count). The second kappa shape index (κ2) is 8.31. The first-order valence-electron chi connectivity index (χ1n) is 6.59. The van der Waals surface area contributed by atoms with Gasteiger partial charge in [0.1, 0.15) is 11.9 Å². The topological polar surface area (TPSA) is 18.5 Å². The minimum absolute atomic E-state index is 0. The number of ether oxygens (including phenoxy) is 2. The Balaban J connectivity index is 0.00000220. The zero-order chi connectivity index (χ0) is 14.8. The monoisotopic (exact) mass is 330 g/mol. The molecule has 2 nitrogen and oxygen atoms in total. The minimum Gasteiger partial charge on any atom is -0.493 e. The Labute approximate surface area is 164 Å². The normalized spacial score (nSPS) is 22.5. The van der Waals surface area contributed by atoms with Crippen LogP contribution >= 0.6 is 0 Å². The van der Waals surface area contributed by atoms with Crippen molar-refractivity contribution in [1.29, 1.82) is 0 Å². The van der Waals surface area contributed by atoms with Gasteiger partial charge in [-0.25, -0.2) is 4.39 Å². The molecule has 0 heterocycles. The Bertz CT molecular complexity index is 470. The first kappa shape index (κ1) is 19.4. The Morgan fingerprint density at radius 1 is 1.14 bits per heavy atom. The molecule has 0 aromatic heterocycles. The molecule has 21 heavy (non-hydrogen) atoms. The van der Waals surface area contributed by atoms with Crippen molar-refractivity contribution in [3.05, 3.63) is 24.0 Å². The summed E-state index contributed by atoms with van der Waals surface area (Å²) >= 11 is 0. The maximum absolute atomic E-state index is 13.2. The molecule has 1 fully saturated rings. The standard InChI is InChI=1S/C13H16BF4O2.K/c1-19-10-3-2-4-11(8-10)20-13-7-9(15)5-6-12(13)14(16,17)18;/h5-7,10-11H,2-4,8H2,1H3;/q-1;+1. The molecule has 2 unspecified atom stereocenters. The summed E-state index contributed by atoms with van der Waals surface area (Å²) in [7, 11) is 1.57. The molecule has 0 spiro atoms. The van der Waals surface area contributed by atoms with Gasteiger partial charge >= 0.3 is 58.4 Å². The molecule has 1 aromatic rings. The summed E-state index contributed by atoms with van der Waals surface area (Å²) in [5, 5.41) is 0. The summed E-state index contributed by atoms with van der Waals surface area (Å²) in [4.78, 5) is 0. The second-order valence-electron chi connectivity index (χ2n) is 5.02. The van der Waals surface area contributed by atoms with Crippen LogP contribution in [0.3, 0.4) is 0 Å². The zero-order valence-corrected chi connectivity index (χ0v) is 15.2. The van der Waals surface area contributed by atoms with Crippen LogP contribution in [0.4, 0.5) is 17.3 Å². The smallest absolute Gasteiger partial charge is 0.493 e. The van der Waals surface area contributed by atoms with Crippen molar-refractivity contribution in [3.63, 3.8) is 0 Å². The van der Waals surface area contributed by atoms with E-state index < -0.39 is 24.0 Å². The maximum Gasteiger partial charge on any atom is 1.00 e. The Kier molecular flexibility index (Phi) is 7.69. The van der Waals surface area contributed by atoms with Crippen LogP contribution < -0.4 is 61.6 Å². The van der Waals surface area contributed by atoms with Crippen molar-refractivity contribution in [2.75, 3.05) is 7.11 Å². The molecular formula is C13H16BF4KO2. The fourth-order valence-corrected chi connectivity index (χ4v) is 2.48. The van der Waals surface area contributed by atoms with Crippen LogP contribution in [-0.4, -0.2) is 26.3 Å². The van der Waals surface area contributed by atoms with Crippen LogP contribution in [0.25, 0.3) is 0 Å². The second-order valence-corrected chi connectivity index (χ2v) is 5.02. The number of benzene rings is 1. The molecule has 0 bridgehead atoms. The van der Waals surface area contributed by atoms with Gasteiger partial charge in [-0.05, 0) is 25.3 Å². The van der Waals surface area contributed by atoms with Gasteiger partial charge in [-0.3, -0.25) is 0 Å². The molecule has 2 atom stereocenters. The molecular weight excluding hydrogens is 314 g/mol. The largest absolute Gasteiger partial charge is 1.00 e. The van der Waals surface area contributed by atoms with Crippen LogP contribution in [0.15, 0.2) is 18.2 Å². The van der Waals surface area contributed by atoms with Gasteiger partial charge in [0, 0.05) is 19.6 Å². The third-order valence-corrected chi connectivity index (χ3v) is 3.53. The predicted molar refractivity (Wildman–Crippen MR) is 68.8 cm³/mol. The number of hydrogen-bond donors (Lipinski definition) is 0. The van der Waals surface area contributed by atoms with Gasteiger partial charge in [0.25, 0.3) is 0 Å². The van der Waals surface area contributed by atoms with Crippen molar-refractivity contribution in [2.24, 2.45) is 0 Å². The van der Waals surface area contributed by atoms with Gasteiger partial charge in [-0.2, -0.15) is 0 Å². The van der Waals surface area contributed by atoms with Crippen LogP contribution in [0.1, 0.15) is 25.7 Å². The molecule has 0 aliphatic heterocycles. The molecule has 8 heteroatoms. The molecule has 1 aliphatic rings. The molecule has 0 radical (unpaired) electrons. The number of halogens is 4. The number of methoxy groups -OCH3 is 1. The third-order valence-electron chi connectivity index (χ3n) is 3.53. The van der Waals surface area contributed by atoms with Crippen molar-refractivity contribution in [3.8, 4) is 5.75 Å². The van der Waals surface area contributed by atoms with Crippen molar-refractivity contribution in [2.45, 2.75) is 37.9 Å². The van der Waals surface area contributed by atoms with Gasteiger partial charge in [0.2, 0.25) is 0 Å². The average Bonchev–Trinajstić information content (AvgIpc) is 2.37. The fourth-order valence-electron chi connectivity index (χ4n) is 2.48. The van der Waals surface area contributed by atoms with E-state index in [0.717, 1.165) is 31.0 Å². The van der Waals surface area contributed by atoms with Gasteiger partial charge in [0.05, 0.1) is 11.9 Å². The minimum atomic E-state index is -5.22. The van der Waals surface area contributed by atoms with Crippen LogP contribution in [0.2, 0.25) is 0 Å². The summed E-state index contributed by atoms with van der Waals surface area (Å²) in [6.07, 6.45) is 2.49. The molecule has 112 valence electrons. The number of hydrogen-bond acceptors (Lipinski definition) is 2. The van der Waals surface area contributed by atoms with E-state index in [-0.39, 0.29) is 63.6 Å². The van der Waals surface area contributed by atoms with Gasteiger partial charge in [0.15, 0.2) is 0 Å². The Morgan fingerprint density at radius 3 is 2.43 bits per heavy atom. The molecule has 0 amide bonds.